The maximum Gasteiger partial charge on any atom is 0.205 e. The lowest BCUT2D eigenvalue weighted by atomic mass is 10.2. The maximum atomic E-state index is 13.2. The predicted molar refractivity (Wildman–Crippen MR) is 78.2 cm³/mol. The van der Waals surface area contributed by atoms with Gasteiger partial charge in [0.15, 0.2) is 0 Å². The fourth-order valence-electron chi connectivity index (χ4n) is 1.99. The number of nitrogen functional groups attached to an aromatic ring is 1. The molecule has 1 heterocycles. The lowest BCUT2D eigenvalue weighted by Gasteiger charge is -2.09. The van der Waals surface area contributed by atoms with Crippen molar-refractivity contribution in [2.75, 3.05) is 5.73 Å². The van der Waals surface area contributed by atoms with Crippen molar-refractivity contribution in [3.05, 3.63) is 51.7 Å². The number of imidazole rings is 1. The summed E-state index contributed by atoms with van der Waals surface area (Å²) in [6.45, 7) is 0. The van der Waals surface area contributed by atoms with E-state index in [1.165, 1.54) is 12.1 Å². The number of halogens is 3. The number of benzene rings is 2. The molecule has 0 aliphatic heterocycles. The number of nitrogens with two attached hydrogens (primary N) is 1. The molecule has 19 heavy (non-hydrogen) atoms. The Labute approximate surface area is 121 Å². The zero-order valence-electron chi connectivity index (χ0n) is 9.57. The molecule has 3 rings (SSSR count). The monoisotopic (exact) mass is 339 g/mol. The van der Waals surface area contributed by atoms with Crippen molar-refractivity contribution in [3.8, 4) is 5.69 Å². The topological polar surface area (TPSA) is 43.8 Å². The summed E-state index contributed by atoms with van der Waals surface area (Å²) in [5.41, 5.74) is 7.81. The molecule has 0 bridgehead atoms. The fourth-order valence-corrected chi connectivity index (χ4v) is 2.75. The molecule has 0 saturated heterocycles. The van der Waals surface area contributed by atoms with Crippen LogP contribution in [0.1, 0.15) is 0 Å². The highest BCUT2D eigenvalue weighted by atomic mass is 79.9. The zero-order valence-corrected chi connectivity index (χ0v) is 11.9. The molecule has 0 radical (unpaired) electrons. The molecule has 1 aromatic heterocycles. The second kappa shape index (κ2) is 4.51. The highest BCUT2D eigenvalue weighted by molar-refractivity contribution is 9.10. The van der Waals surface area contributed by atoms with E-state index >= 15 is 0 Å². The minimum absolute atomic E-state index is 0.268. The van der Waals surface area contributed by atoms with Crippen molar-refractivity contribution in [1.29, 1.82) is 0 Å². The Morgan fingerprint density at radius 1 is 1.21 bits per heavy atom. The van der Waals surface area contributed by atoms with Gasteiger partial charge in [-0.05, 0) is 30.3 Å². The van der Waals surface area contributed by atoms with E-state index in [1.54, 1.807) is 16.7 Å². The van der Waals surface area contributed by atoms with E-state index < -0.39 is 0 Å². The van der Waals surface area contributed by atoms with Crippen LogP contribution >= 0.6 is 27.5 Å². The van der Waals surface area contributed by atoms with Crippen LogP contribution in [0.5, 0.6) is 0 Å². The first-order chi connectivity index (χ1) is 9.06. The van der Waals surface area contributed by atoms with E-state index in [-0.39, 0.29) is 11.8 Å². The number of rotatable bonds is 1. The summed E-state index contributed by atoms with van der Waals surface area (Å²) in [6.07, 6.45) is 0. The highest BCUT2D eigenvalue weighted by Gasteiger charge is 2.13. The Balaban J connectivity index is 2.33. The zero-order chi connectivity index (χ0) is 13.6. The van der Waals surface area contributed by atoms with Gasteiger partial charge in [-0.1, -0.05) is 27.5 Å². The van der Waals surface area contributed by atoms with Gasteiger partial charge in [0.25, 0.3) is 0 Å². The molecule has 0 fully saturated rings. The average molecular weight is 341 g/mol. The third-order valence-electron chi connectivity index (χ3n) is 2.79. The van der Waals surface area contributed by atoms with Gasteiger partial charge in [-0.25, -0.2) is 9.37 Å². The molecular formula is C13H8BrClFN3. The van der Waals surface area contributed by atoms with Crippen LogP contribution in [0.25, 0.3) is 16.7 Å². The molecule has 0 amide bonds. The van der Waals surface area contributed by atoms with Gasteiger partial charge in [0.05, 0.1) is 21.7 Å². The quantitative estimate of drug-likeness (QED) is 0.723. The van der Waals surface area contributed by atoms with Gasteiger partial charge in [-0.3, -0.25) is 4.57 Å². The summed E-state index contributed by atoms with van der Waals surface area (Å²) < 4.78 is 15.8. The second-order valence-corrected chi connectivity index (χ2v) is 5.36. The maximum absolute atomic E-state index is 13.2. The van der Waals surface area contributed by atoms with Crippen LogP contribution in [0.2, 0.25) is 5.02 Å². The highest BCUT2D eigenvalue weighted by Crippen LogP contribution is 2.30. The van der Waals surface area contributed by atoms with E-state index in [1.807, 2.05) is 12.1 Å². The molecule has 3 nitrogen and oxygen atoms in total. The van der Waals surface area contributed by atoms with Gasteiger partial charge < -0.3 is 5.73 Å². The van der Waals surface area contributed by atoms with Gasteiger partial charge in [0.1, 0.15) is 5.82 Å². The van der Waals surface area contributed by atoms with Crippen molar-refractivity contribution >= 4 is 44.5 Å². The Morgan fingerprint density at radius 3 is 2.74 bits per heavy atom. The minimum Gasteiger partial charge on any atom is -0.369 e. The number of hydrogen-bond donors (Lipinski definition) is 1. The molecule has 6 heteroatoms. The normalized spacial score (nSPS) is 11.1. The van der Waals surface area contributed by atoms with E-state index in [4.69, 9.17) is 17.3 Å². The summed E-state index contributed by atoms with van der Waals surface area (Å²) in [6, 6.07) is 9.79. The molecule has 96 valence electrons. The summed E-state index contributed by atoms with van der Waals surface area (Å²) in [5, 5.41) is 0.532. The van der Waals surface area contributed by atoms with Crippen molar-refractivity contribution in [3.63, 3.8) is 0 Å². The SMILES string of the molecule is Nc1nc2cc(F)ccc2n1-c1ccc(Br)cc1Cl. The number of anilines is 1. The summed E-state index contributed by atoms with van der Waals surface area (Å²) in [5.74, 6) is -0.0797. The van der Waals surface area contributed by atoms with Gasteiger partial charge in [-0.2, -0.15) is 0 Å². The van der Waals surface area contributed by atoms with Crippen LogP contribution in [-0.2, 0) is 0 Å². The van der Waals surface area contributed by atoms with Crippen LogP contribution in [-0.4, -0.2) is 9.55 Å². The molecule has 0 saturated carbocycles. The largest absolute Gasteiger partial charge is 0.369 e. The Morgan fingerprint density at radius 2 is 2.00 bits per heavy atom. The Kier molecular flexibility index (Phi) is 2.95. The van der Waals surface area contributed by atoms with Gasteiger partial charge in [-0.15, -0.1) is 0 Å². The minimum atomic E-state index is -0.348. The molecule has 0 atom stereocenters. The first kappa shape index (κ1) is 12.4. The number of fused-ring (bicyclic) bond motifs is 1. The summed E-state index contributed by atoms with van der Waals surface area (Å²) in [7, 11) is 0. The molecule has 2 aromatic carbocycles. The number of nitrogens with zero attached hydrogens (tertiary/aromatic N) is 2. The predicted octanol–water partition coefficient (Wildman–Crippen LogP) is 4.16. The Bertz CT molecular complexity index is 785. The van der Waals surface area contributed by atoms with Gasteiger partial charge in [0.2, 0.25) is 5.95 Å². The lowest BCUT2D eigenvalue weighted by Crippen LogP contribution is -2.01. The lowest BCUT2D eigenvalue weighted by molar-refractivity contribution is 0.629. The molecule has 2 N–H and O–H groups in total. The molecular weight excluding hydrogens is 333 g/mol. The molecule has 3 aromatic rings. The van der Waals surface area contributed by atoms with Crippen molar-refractivity contribution in [2.45, 2.75) is 0 Å². The van der Waals surface area contributed by atoms with Gasteiger partial charge >= 0.3 is 0 Å². The summed E-state index contributed by atoms with van der Waals surface area (Å²) >= 11 is 9.56. The third kappa shape index (κ3) is 2.09. The van der Waals surface area contributed by atoms with Gasteiger partial charge in [0, 0.05) is 10.5 Å². The van der Waals surface area contributed by atoms with Crippen molar-refractivity contribution in [1.82, 2.24) is 9.55 Å². The standard InChI is InChI=1S/C13H8BrClFN3/c14-7-1-3-11(9(15)5-7)19-12-4-2-8(16)6-10(12)18-13(19)17/h1-6H,(H2,17,18). The molecule has 0 spiro atoms. The van der Waals surface area contributed by atoms with Crippen LogP contribution in [0, 0.1) is 5.82 Å². The second-order valence-electron chi connectivity index (χ2n) is 4.03. The van der Waals surface area contributed by atoms with E-state index in [0.717, 1.165) is 4.47 Å². The average Bonchev–Trinajstić information content (AvgIpc) is 2.65. The van der Waals surface area contributed by atoms with Crippen LogP contribution < -0.4 is 5.73 Å². The van der Waals surface area contributed by atoms with Crippen molar-refractivity contribution < 1.29 is 4.39 Å². The first-order valence-corrected chi connectivity index (χ1v) is 6.62. The van der Waals surface area contributed by atoms with Crippen LogP contribution in [0.4, 0.5) is 10.3 Å². The molecule has 0 aliphatic carbocycles. The van der Waals surface area contributed by atoms with Crippen molar-refractivity contribution in [2.24, 2.45) is 0 Å². The Hall–Kier alpha value is -1.59. The fraction of sp³-hybridized carbons (Fsp3) is 0. The van der Waals surface area contributed by atoms with Crippen LogP contribution in [0.15, 0.2) is 40.9 Å². The van der Waals surface area contributed by atoms with E-state index in [9.17, 15) is 4.39 Å². The number of hydrogen-bond acceptors (Lipinski definition) is 2. The smallest absolute Gasteiger partial charge is 0.205 e. The summed E-state index contributed by atoms with van der Waals surface area (Å²) in [4.78, 5) is 4.14. The van der Waals surface area contributed by atoms with E-state index in [2.05, 4.69) is 20.9 Å². The third-order valence-corrected chi connectivity index (χ3v) is 3.59. The van der Waals surface area contributed by atoms with Crippen LogP contribution in [0.3, 0.4) is 0 Å². The first-order valence-electron chi connectivity index (χ1n) is 5.45. The number of aromatic nitrogens is 2. The van der Waals surface area contributed by atoms with E-state index in [0.29, 0.717) is 21.7 Å². The molecule has 0 unspecified atom stereocenters. The molecule has 0 aliphatic rings.